The van der Waals surface area contributed by atoms with E-state index in [1.165, 1.54) is 29.1 Å². The third-order valence-corrected chi connectivity index (χ3v) is 2.71. The Labute approximate surface area is 100 Å². The quantitative estimate of drug-likeness (QED) is 0.464. The average molecular weight is 262 g/mol. The summed E-state index contributed by atoms with van der Waals surface area (Å²) in [5.41, 5.74) is 0. The highest BCUT2D eigenvalue weighted by Gasteiger charge is 2.38. The molecule has 0 fully saturated rings. The summed E-state index contributed by atoms with van der Waals surface area (Å²) >= 11 is 1.34. The molecule has 0 unspecified atom stereocenters. The summed E-state index contributed by atoms with van der Waals surface area (Å²) in [6, 6.07) is 1.57. The van der Waals surface area contributed by atoms with E-state index in [0.29, 0.717) is 11.0 Å². The molecule has 2 rings (SSSR count). The topological polar surface area (TPSA) is 32.3 Å². The molecule has 1 aliphatic rings. The Balaban J connectivity index is 2.13. The predicted molar refractivity (Wildman–Crippen MR) is 58.2 cm³/mol. The Hall–Kier alpha value is -1.44. The van der Waals surface area contributed by atoms with Crippen LogP contribution in [-0.2, 0) is 0 Å². The van der Waals surface area contributed by atoms with Gasteiger partial charge in [-0.05, 0) is 12.3 Å². The fraction of sp³-hybridized carbons (Fsp3) is 0.333. The maximum atomic E-state index is 12.4. The lowest BCUT2D eigenvalue weighted by Gasteiger charge is -2.22. The number of thioether (sulfide) groups is 1. The molecule has 1 aromatic heterocycles. The van der Waals surface area contributed by atoms with Crippen LogP contribution in [0.4, 0.5) is 19.0 Å². The van der Waals surface area contributed by atoms with Gasteiger partial charge in [0.05, 0.1) is 0 Å². The summed E-state index contributed by atoms with van der Waals surface area (Å²) in [5, 5.41) is 0.529. The summed E-state index contributed by atoms with van der Waals surface area (Å²) in [6.07, 6.45) is 1.31. The highest BCUT2D eigenvalue weighted by Crippen LogP contribution is 2.27. The number of halogens is 3. The lowest BCUT2D eigenvalue weighted by molar-refractivity contribution is -0.224. The predicted octanol–water partition coefficient (Wildman–Crippen LogP) is 2.27. The zero-order chi connectivity index (χ0) is 12.5. The summed E-state index contributed by atoms with van der Waals surface area (Å²) < 4.78 is 37.2. The summed E-state index contributed by atoms with van der Waals surface area (Å²) in [4.78, 5) is 9.78. The molecule has 0 saturated heterocycles. The van der Waals surface area contributed by atoms with Gasteiger partial charge in [-0.25, -0.2) is 9.97 Å². The van der Waals surface area contributed by atoms with Crippen LogP contribution in [-0.4, -0.2) is 34.1 Å². The number of aromatic nitrogens is 2. The summed E-state index contributed by atoms with van der Waals surface area (Å²) in [5.74, 6) is 0.451. The molecule has 2 heterocycles. The summed E-state index contributed by atoms with van der Waals surface area (Å²) in [6.45, 7) is -0.283. The van der Waals surface area contributed by atoms with E-state index < -0.39 is 6.30 Å². The first kappa shape index (κ1) is 12.0. The molecule has 0 N–H and O–H groups in total. The summed E-state index contributed by atoms with van der Waals surface area (Å²) in [7, 11) is 0. The number of hydrogen-bond donors (Lipinski definition) is 0. The second-order valence-electron chi connectivity index (χ2n) is 3.25. The van der Waals surface area contributed by atoms with E-state index >= 15 is 0 Å². The van der Waals surface area contributed by atoms with E-state index in [-0.39, 0.29) is 11.6 Å². The lowest BCUT2D eigenvalue weighted by atomic mass is 10.5. The monoisotopic (exact) mass is 262 g/mol. The van der Waals surface area contributed by atoms with Crippen molar-refractivity contribution >= 4 is 17.6 Å². The molecular weight excluding hydrogens is 253 g/mol. The first-order valence-corrected chi connectivity index (χ1v) is 5.88. The SMILES string of the molecule is CSc1nccc(N2C=CN(C(F)(F)F)C2)n1. The van der Waals surface area contributed by atoms with Gasteiger partial charge in [0.1, 0.15) is 12.5 Å². The maximum absolute atomic E-state index is 12.4. The van der Waals surface area contributed by atoms with Crippen LogP contribution in [0.15, 0.2) is 29.8 Å². The van der Waals surface area contributed by atoms with Gasteiger partial charge in [-0.2, -0.15) is 13.2 Å². The second-order valence-corrected chi connectivity index (χ2v) is 4.02. The molecule has 0 radical (unpaired) electrons. The van der Waals surface area contributed by atoms with Crippen LogP contribution in [0.25, 0.3) is 0 Å². The van der Waals surface area contributed by atoms with Gasteiger partial charge in [0.15, 0.2) is 5.16 Å². The van der Waals surface area contributed by atoms with Crippen molar-refractivity contribution in [3.05, 3.63) is 24.7 Å². The number of alkyl halides is 3. The molecule has 0 aliphatic carbocycles. The van der Waals surface area contributed by atoms with E-state index in [9.17, 15) is 13.2 Å². The van der Waals surface area contributed by atoms with E-state index in [1.807, 2.05) is 0 Å². The van der Waals surface area contributed by atoms with Crippen LogP contribution in [0.1, 0.15) is 0 Å². The largest absolute Gasteiger partial charge is 0.485 e. The van der Waals surface area contributed by atoms with Gasteiger partial charge < -0.3 is 4.90 Å². The minimum Gasteiger partial charge on any atom is -0.313 e. The van der Waals surface area contributed by atoms with Crippen molar-refractivity contribution in [2.24, 2.45) is 0 Å². The Morgan fingerprint density at radius 3 is 2.71 bits per heavy atom. The van der Waals surface area contributed by atoms with Crippen LogP contribution < -0.4 is 4.90 Å². The molecular formula is C9H9F3N4S. The Morgan fingerprint density at radius 2 is 2.12 bits per heavy atom. The van der Waals surface area contributed by atoms with Crippen molar-refractivity contribution in [1.29, 1.82) is 0 Å². The number of hydrogen-bond acceptors (Lipinski definition) is 5. The molecule has 8 heteroatoms. The molecule has 0 bridgehead atoms. The van der Waals surface area contributed by atoms with E-state index in [0.717, 1.165) is 6.20 Å². The fourth-order valence-electron chi connectivity index (χ4n) is 1.32. The van der Waals surface area contributed by atoms with Crippen molar-refractivity contribution < 1.29 is 13.2 Å². The molecule has 0 atom stereocenters. The zero-order valence-electron chi connectivity index (χ0n) is 8.85. The van der Waals surface area contributed by atoms with Gasteiger partial charge >= 0.3 is 6.30 Å². The first-order valence-electron chi connectivity index (χ1n) is 4.66. The van der Waals surface area contributed by atoms with Crippen LogP contribution in [0.5, 0.6) is 0 Å². The third-order valence-electron chi connectivity index (χ3n) is 2.15. The molecule has 4 nitrogen and oxygen atoms in total. The van der Waals surface area contributed by atoms with Gasteiger partial charge in [-0.15, -0.1) is 0 Å². The van der Waals surface area contributed by atoms with Gasteiger partial charge in [0, 0.05) is 18.6 Å². The van der Waals surface area contributed by atoms with Crippen LogP contribution in [0.3, 0.4) is 0 Å². The lowest BCUT2D eigenvalue weighted by Crippen LogP contribution is -2.36. The van der Waals surface area contributed by atoms with Crippen LogP contribution in [0.2, 0.25) is 0 Å². The Bertz CT molecular complexity index is 434. The number of rotatable bonds is 2. The number of nitrogens with zero attached hydrogens (tertiary/aromatic N) is 4. The zero-order valence-corrected chi connectivity index (χ0v) is 9.66. The van der Waals surface area contributed by atoms with Crippen LogP contribution >= 0.6 is 11.8 Å². The smallest absolute Gasteiger partial charge is 0.313 e. The van der Waals surface area contributed by atoms with Gasteiger partial charge in [-0.3, -0.25) is 4.90 Å². The van der Waals surface area contributed by atoms with Gasteiger partial charge in [0.2, 0.25) is 0 Å². The van der Waals surface area contributed by atoms with Gasteiger partial charge in [-0.1, -0.05) is 11.8 Å². The highest BCUT2D eigenvalue weighted by atomic mass is 32.2. The average Bonchev–Trinajstić information content (AvgIpc) is 2.78. The molecule has 0 amide bonds. The third kappa shape index (κ3) is 2.63. The minimum absolute atomic E-state index is 0.283. The molecule has 1 aliphatic heterocycles. The Morgan fingerprint density at radius 1 is 1.35 bits per heavy atom. The van der Waals surface area contributed by atoms with Crippen molar-refractivity contribution in [1.82, 2.24) is 14.9 Å². The van der Waals surface area contributed by atoms with Crippen molar-refractivity contribution in [2.45, 2.75) is 11.5 Å². The normalized spacial score (nSPS) is 15.8. The standard InChI is InChI=1S/C9H9F3N4S/c1-17-8-13-3-2-7(14-8)15-4-5-16(6-15)9(10,11)12/h2-5H,6H2,1H3. The highest BCUT2D eigenvalue weighted by molar-refractivity contribution is 7.98. The number of anilines is 1. The molecule has 17 heavy (non-hydrogen) atoms. The molecule has 1 aromatic rings. The molecule has 92 valence electrons. The van der Waals surface area contributed by atoms with E-state index in [2.05, 4.69) is 9.97 Å². The Kier molecular flexibility index (Phi) is 3.14. The van der Waals surface area contributed by atoms with Gasteiger partial charge in [0.25, 0.3) is 0 Å². The molecule has 0 saturated carbocycles. The van der Waals surface area contributed by atoms with Crippen molar-refractivity contribution in [3.63, 3.8) is 0 Å². The minimum atomic E-state index is -4.36. The van der Waals surface area contributed by atoms with Crippen LogP contribution in [0, 0.1) is 0 Å². The molecule has 0 spiro atoms. The van der Waals surface area contributed by atoms with E-state index in [4.69, 9.17) is 0 Å². The van der Waals surface area contributed by atoms with E-state index in [1.54, 1.807) is 12.3 Å². The van der Waals surface area contributed by atoms with Crippen molar-refractivity contribution in [2.75, 3.05) is 17.8 Å². The first-order chi connectivity index (χ1) is 8.00. The fourth-order valence-corrected chi connectivity index (χ4v) is 1.67. The maximum Gasteiger partial charge on any atom is 0.485 e. The second kappa shape index (κ2) is 4.44. The van der Waals surface area contributed by atoms with Crippen molar-refractivity contribution in [3.8, 4) is 0 Å². The molecule has 0 aromatic carbocycles.